The van der Waals surface area contributed by atoms with Crippen molar-refractivity contribution < 1.29 is 28.6 Å². The van der Waals surface area contributed by atoms with Gasteiger partial charge in [0.25, 0.3) is 5.91 Å². The molecule has 0 bridgehead atoms. The van der Waals surface area contributed by atoms with E-state index in [1.165, 1.54) is 12.0 Å². The zero-order valence-electron chi connectivity index (χ0n) is 19.3. The van der Waals surface area contributed by atoms with Crippen LogP contribution in [0.1, 0.15) is 37.6 Å². The van der Waals surface area contributed by atoms with Crippen LogP contribution in [0.5, 0.6) is 5.75 Å². The predicted molar refractivity (Wildman–Crippen MR) is 123 cm³/mol. The lowest BCUT2D eigenvalue weighted by Crippen LogP contribution is -2.44. The van der Waals surface area contributed by atoms with Crippen molar-refractivity contribution in [3.63, 3.8) is 0 Å². The molecule has 1 saturated heterocycles. The van der Waals surface area contributed by atoms with E-state index in [4.69, 9.17) is 19.9 Å². The van der Waals surface area contributed by atoms with E-state index in [0.717, 1.165) is 0 Å². The van der Waals surface area contributed by atoms with Gasteiger partial charge in [0.2, 0.25) is 0 Å². The molecular weight excluding hydrogens is 424 g/mol. The number of hydrogen-bond donors (Lipinski definition) is 1. The molecule has 3 atom stereocenters. The fourth-order valence-electron chi connectivity index (χ4n) is 3.92. The minimum absolute atomic E-state index is 0.103. The van der Waals surface area contributed by atoms with Gasteiger partial charge in [-0.3, -0.25) is 9.59 Å². The van der Waals surface area contributed by atoms with Crippen molar-refractivity contribution in [1.29, 1.82) is 0 Å². The lowest BCUT2D eigenvalue weighted by atomic mass is 9.93. The molecule has 0 saturated carbocycles. The van der Waals surface area contributed by atoms with E-state index < -0.39 is 35.6 Å². The van der Waals surface area contributed by atoms with Gasteiger partial charge >= 0.3 is 11.9 Å². The van der Waals surface area contributed by atoms with Gasteiger partial charge in [-0.05, 0) is 57.2 Å². The Morgan fingerprint density at radius 3 is 2.24 bits per heavy atom. The SMILES string of the molecule is COC(=O)[C@@H]1[C@@H](CC(=O)OC(C)(C)C)[C@H](Oc2ccc(N)cc2)CN1C(=O)c1ccccc1. The molecule has 33 heavy (non-hydrogen) atoms. The average molecular weight is 455 g/mol. The van der Waals surface area contributed by atoms with Gasteiger partial charge in [-0.2, -0.15) is 0 Å². The van der Waals surface area contributed by atoms with Crippen molar-refractivity contribution in [2.75, 3.05) is 19.4 Å². The smallest absolute Gasteiger partial charge is 0.329 e. The molecule has 1 aliphatic rings. The van der Waals surface area contributed by atoms with E-state index in [2.05, 4.69) is 0 Å². The number of hydrogen-bond acceptors (Lipinski definition) is 7. The maximum absolute atomic E-state index is 13.3. The third-order valence-electron chi connectivity index (χ3n) is 5.31. The van der Waals surface area contributed by atoms with E-state index >= 15 is 0 Å². The van der Waals surface area contributed by atoms with Crippen molar-refractivity contribution in [2.45, 2.75) is 44.9 Å². The van der Waals surface area contributed by atoms with E-state index in [1.807, 2.05) is 0 Å². The minimum atomic E-state index is -1.01. The Labute approximate surface area is 193 Å². The number of benzene rings is 2. The molecule has 2 N–H and O–H groups in total. The number of rotatable bonds is 6. The molecule has 1 fully saturated rings. The average Bonchev–Trinajstić information content (AvgIpc) is 3.11. The fourth-order valence-corrected chi connectivity index (χ4v) is 3.92. The number of carbonyl (C=O) groups is 3. The molecule has 1 aliphatic heterocycles. The van der Waals surface area contributed by atoms with Crippen LogP contribution in [0, 0.1) is 5.92 Å². The molecule has 2 aromatic carbocycles. The molecule has 0 unspecified atom stereocenters. The number of methoxy groups -OCH3 is 1. The van der Waals surface area contributed by atoms with E-state index in [9.17, 15) is 14.4 Å². The van der Waals surface area contributed by atoms with Gasteiger partial charge in [0.15, 0.2) is 0 Å². The number of nitrogen functional groups attached to an aromatic ring is 1. The number of esters is 2. The molecule has 1 amide bonds. The third kappa shape index (κ3) is 6.03. The highest BCUT2D eigenvalue weighted by molar-refractivity contribution is 5.97. The Morgan fingerprint density at radius 1 is 1.03 bits per heavy atom. The summed E-state index contributed by atoms with van der Waals surface area (Å²) in [7, 11) is 1.26. The number of anilines is 1. The first-order valence-electron chi connectivity index (χ1n) is 10.8. The van der Waals surface area contributed by atoms with Crippen molar-refractivity contribution in [3.05, 3.63) is 60.2 Å². The van der Waals surface area contributed by atoms with Gasteiger partial charge in [-0.1, -0.05) is 18.2 Å². The Morgan fingerprint density at radius 2 is 1.67 bits per heavy atom. The van der Waals surface area contributed by atoms with Crippen LogP contribution in [-0.2, 0) is 19.1 Å². The molecule has 176 valence electrons. The first-order chi connectivity index (χ1) is 15.6. The molecule has 0 aliphatic carbocycles. The third-order valence-corrected chi connectivity index (χ3v) is 5.31. The summed E-state index contributed by atoms with van der Waals surface area (Å²) in [4.78, 5) is 40.3. The first kappa shape index (κ1) is 24.1. The number of carbonyl (C=O) groups excluding carboxylic acids is 3. The second-order valence-corrected chi connectivity index (χ2v) is 8.97. The Balaban J connectivity index is 1.95. The van der Waals surface area contributed by atoms with Crippen LogP contribution in [0.15, 0.2) is 54.6 Å². The van der Waals surface area contributed by atoms with Crippen molar-refractivity contribution >= 4 is 23.5 Å². The maximum atomic E-state index is 13.3. The van der Waals surface area contributed by atoms with E-state index in [0.29, 0.717) is 17.0 Å². The van der Waals surface area contributed by atoms with Crippen molar-refractivity contribution in [3.8, 4) is 5.75 Å². The highest BCUT2D eigenvalue weighted by Gasteiger charge is 2.51. The second-order valence-electron chi connectivity index (χ2n) is 8.97. The Hall–Kier alpha value is -3.55. The number of nitrogens with zero attached hydrogens (tertiary/aromatic N) is 1. The molecule has 3 rings (SSSR count). The molecule has 0 spiro atoms. The lowest BCUT2D eigenvalue weighted by molar-refractivity contribution is -0.157. The summed E-state index contributed by atoms with van der Waals surface area (Å²) in [6.07, 6.45) is -0.757. The van der Waals surface area contributed by atoms with Gasteiger partial charge in [0, 0.05) is 17.2 Å². The topological polar surface area (TPSA) is 108 Å². The number of likely N-dealkylation sites (tertiary alicyclic amines) is 1. The highest BCUT2D eigenvalue weighted by Crippen LogP contribution is 2.34. The fraction of sp³-hybridized carbons (Fsp3) is 0.400. The molecule has 8 heteroatoms. The summed E-state index contributed by atoms with van der Waals surface area (Å²) in [6.45, 7) is 5.41. The van der Waals surface area contributed by atoms with Gasteiger partial charge in [-0.25, -0.2) is 4.79 Å². The van der Waals surface area contributed by atoms with Crippen molar-refractivity contribution in [2.24, 2.45) is 5.92 Å². The quantitative estimate of drug-likeness (QED) is 0.528. The summed E-state index contributed by atoms with van der Waals surface area (Å²) in [5.41, 5.74) is 6.07. The summed E-state index contributed by atoms with van der Waals surface area (Å²) >= 11 is 0. The molecular formula is C25H30N2O6. The maximum Gasteiger partial charge on any atom is 0.329 e. The van der Waals surface area contributed by atoms with E-state index in [1.54, 1.807) is 75.4 Å². The van der Waals surface area contributed by atoms with Gasteiger partial charge in [0.1, 0.15) is 23.5 Å². The van der Waals surface area contributed by atoms with E-state index in [-0.39, 0.29) is 18.9 Å². The molecule has 2 aromatic rings. The normalized spacial score (nSPS) is 20.2. The summed E-state index contributed by atoms with van der Waals surface area (Å²) < 4.78 is 16.7. The van der Waals surface area contributed by atoms with Crippen LogP contribution < -0.4 is 10.5 Å². The second kappa shape index (κ2) is 9.94. The Bertz CT molecular complexity index is 984. The number of amides is 1. The standard InChI is InChI=1S/C25H30N2O6/c1-25(2,3)33-21(28)14-19-20(32-18-12-10-17(26)11-13-18)15-27(22(19)24(30)31-4)23(29)16-8-6-5-7-9-16/h5-13,19-20,22H,14-15,26H2,1-4H3/t19-,20+,22-/m0/s1. The van der Waals surface area contributed by atoms with Gasteiger partial charge in [0.05, 0.1) is 20.1 Å². The van der Waals surface area contributed by atoms with Crippen LogP contribution in [-0.4, -0.2) is 54.1 Å². The molecule has 8 nitrogen and oxygen atoms in total. The lowest BCUT2D eigenvalue weighted by Gasteiger charge is -2.27. The first-order valence-corrected chi connectivity index (χ1v) is 10.8. The van der Waals surface area contributed by atoms with Crippen LogP contribution in [0.25, 0.3) is 0 Å². The number of nitrogens with two attached hydrogens (primary N) is 1. The van der Waals surface area contributed by atoms with Crippen LogP contribution in [0.4, 0.5) is 5.69 Å². The monoisotopic (exact) mass is 454 g/mol. The Kier molecular flexibility index (Phi) is 7.26. The molecule has 0 aromatic heterocycles. The van der Waals surface area contributed by atoms with Crippen LogP contribution in [0.3, 0.4) is 0 Å². The number of ether oxygens (including phenoxy) is 3. The van der Waals surface area contributed by atoms with Crippen molar-refractivity contribution in [1.82, 2.24) is 4.90 Å². The van der Waals surface area contributed by atoms with Gasteiger partial charge in [-0.15, -0.1) is 0 Å². The zero-order chi connectivity index (χ0) is 24.2. The van der Waals surface area contributed by atoms with Gasteiger partial charge < -0.3 is 24.8 Å². The largest absolute Gasteiger partial charge is 0.488 e. The zero-order valence-corrected chi connectivity index (χ0v) is 19.3. The summed E-state index contributed by atoms with van der Waals surface area (Å²) in [5.74, 6) is -1.60. The molecule has 0 radical (unpaired) electrons. The molecule has 1 heterocycles. The summed E-state index contributed by atoms with van der Waals surface area (Å²) in [5, 5.41) is 0. The predicted octanol–water partition coefficient (Wildman–Crippen LogP) is 3.06. The summed E-state index contributed by atoms with van der Waals surface area (Å²) in [6, 6.07) is 14.4. The van der Waals surface area contributed by atoms with Crippen LogP contribution >= 0.6 is 0 Å². The van der Waals surface area contributed by atoms with Crippen LogP contribution in [0.2, 0.25) is 0 Å². The minimum Gasteiger partial charge on any atom is -0.488 e. The highest BCUT2D eigenvalue weighted by atomic mass is 16.6.